The van der Waals surface area contributed by atoms with Crippen LogP contribution in [0.3, 0.4) is 0 Å². The van der Waals surface area contributed by atoms with E-state index in [0.29, 0.717) is 17.4 Å². The third-order valence-electron chi connectivity index (χ3n) is 3.13. The predicted molar refractivity (Wildman–Crippen MR) is 82.8 cm³/mol. The molecule has 0 bridgehead atoms. The smallest absolute Gasteiger partial charge is 0.338 e. The van der Waals surface area contributed by atoms with Crippen molar-refractivity contribution in [2.45, 2.75) is 52.2 Å². The van der Waals surface area contributed by atoms with Crippen molar-refractivity contribution in [3.63, 3.8) is 0 Å². The zero-order valence-electron chi connectivity index (χ0n) is 13.4. The molecule has 4 nitrogen and oxygen atoms in total. The summed E-state index contributed by atoms with van der Waals surface area (Å²) in [7, 11) is 1.56. The Bertz CT molecular complexity index is 423. The van der Waals surface area contributed by atoms with Crippen LogP contribution in [0.1, 0.15) is 50.4 Å². The maximum atomic E-state index is 11.4. The molecule has 0 amide bonds. The first-order valence-electron chi connectivity index (χ1n) is 7.53. The molecule has 1 fully saturated rings. The first-order chi connectivity index (χ1) is 10.1. The molecule has 1 aliphatic rings. The second-order valence-electron chi connectivity index (χ2n) is 5.23. The molecule has 1 atom stereocenters. The zero-order chi connectivity index (χ0) is 15.7. The number of carbonyl (C=O) groups excluding carboxylic acids is 1. The third-order valence-corrected chi connectivity index (χ3v) is 3.13. The maximum absolute atomic E-state index is 11.4. The average Bonchev–Trinajstić information content (AvgIpc) is 3.00. The second-order valence-corrected chi connectivity index (χ2v) is 5.23. The second kappa shape index (κ2) is 9.40. The molecule has 1 aromatic carbocycles. The van der Waals surface area contributed by atoms with Crippen LogP contribution >= 0.6 is 0 Å². The molecular weight excluding hydrogens is 268 g/mol. The number of ether oxygens (including phenoxy) is 3. The predicted octanol–water partition coefficient (Wildman–Crippen LogP) is 3.84. The topological polar surface area (TPSA) is 44.8 Å². The van der Waals surface area contributed by atoms with Gasteiger partial charge in [-0.05, 0) is 51.3 Å². The van der Waals surface area contributed by atoms with Crippen molar-refractivity contribution < 1.29 is 19.0 Å². The van der Waals surface area contributed by atoms with E-state index in [1.54, 1.807) is 31.4 Å². The van der Waals surface area contributed by atoms with Gasteiger partial charge >= 0.3 is 5.97 Å². The third kappa shape index (κ3) is 6.63. The minimum atomic E-state index is -0.320. The monoisotopic (exact) mass is 294 g/mol. The molecule has 118 valence electrons. The molecule has 0 aliphatic carbocycles. The summed E-state index contributed by atoms with van der Waals surface area (Å²) in [5.74, 6) is 0.335. The van der Waals surface area contributed by atoms with Crippen LogP contribution in [-0.4, -0.2) is 31.9 Å². The van der Waals surface area contributed by atoms with Gasteiger partial charge < -0.3 is 14.2 Å². The van der Waals surface area contributed by atoms with Crippen molar-refractivity contribution in [2.75, 3.05) is 13.7 Å². The van der Waals surface area contributed by atoms with Crippen molar-refractivity contribution in [3.05, 3.63) is 29.8 Å². The molecule has 0 saturated carbocycles. The molecule has 0 spiro atoms. The maximum Gasteiger partial charge on any atom is 0.338 e. The summed E-state index contributed by atoms with van der Waals surface area (Å²) >= 11 is 0. The standard InChI is InChI=1S/C11H14O3.C6H12O/c1-8(2)14-11(12)9-5-4-6-10(7-9)13-3;1-2-6-4-3-5-7-6/h4-8H,1-3H3;6H,2-5H2,1H3. The first kappa shape index (κ1) is 17.5. The molecule has 2 rings (SSSR count). The van der Waals surface area contributed by atoms with E-state index in [4.69, 9.17) is 14.2 Å². The molecule has 1 unspecified atom stereocenters. The summed E-state index contributed by atoms with van der Waals surface area (Å²) in [6.45, 7) is 6.81. The van der Waals surface area contributed by atoms with Crippen LogP contribution in [-0.2, 0) is 9.47 Å². The van der Waals surface area contributed by atoms with Crippen molar-refractivity contribution >= 4 is 5.97 Å². The Morgan fingerprint density at radius 3 is 2.67 bits per heavy atom. The Morgan fingerprint density at radius 2 is 2.19 bits per heavy atom. The Kier molecular flexibility index (Phi) is 7.83. The van der Waals surface area contributed by atoms with Gasteiger partial charge in [0.25, 0.3) is 0 Å². The van der Waals surface area contributed by atoms with Gasteiger partial charge in [-0.2, -0.15) is 0 Å². The van der Waals surface area contributed by atoms with Gasteiger partial charge in [0.2, 0.25) is 0 Å². The number of hydrogen-bond acceptors (Lipinski definition) is 4. The first-order valence-corrected chi connectivity index (χ1v) is 7.53. The van der Waals surface area contributed by atoms with Crippen LogP contribution in [0, 0.1) is 0 Å². The number of rotatable bonds is 4. The highest BCUT2D eigenvalue weighted by Gasteiger charge is 2.11. The Labute approximate surface area is 127 Å². The van der Waals surface area contributed by atoms with Gasteiger partial charge in [0.05, 0.1) is 24.9 Å². The van der Waals surface area contributed by atoms with Crippen molar-refractivity contribution in [3.8, 4) is 5.75 Å². The molecule has 1 aliphatic heterocycles. The molecule has 4 heteroatoms. The Morgan fingerprint density at radius 1 is 1.43 bits per heavy atom. The number of benzene rings is 1. The van der Waals surface area contributed by atoms with Crippen molar-refractivity contribution in [2.24, 2.45) is 0 Å². The molecule has 0 aromatic heterocycles. The van der Waals surface area contributed by atoms with Gasteiger partial charge in [0, 0.05) is 6.61 Å². The molecule has 21 heavy (non-hydrogen) atoms. The quantitative estimate of drug-likeness (QED) is 0.792. The van der Waals surface area contributed by atoms with Crippen LogP contribution in [0.15, 0.2) is 24.3 Å². The summed E-state index contributed by atoms with van der Waals surface area (Å²) in [6, 6.07) is 6.90. The molecule has 1 saturated heterocycles. The van der Waals surface area contributed by atoms with Gasteiger partial charge in [0.15, 0.2) is 0 Å². The van der Waals surface area contributed by atoms with Crippen molar-refractivity contribution in [1.29, 1.82) is 0 Å². The lowest BCUT2D eigenvalue weighted by Gasteiger charge is -2.08. The van der Waals surface area contributed by atoms with Crippen LogP contribution in [0.2, 0.25) is 0 Å². The van der Waals surface area contributed by atoms with E-state index in [0.717, 1.165) is 6.61 Å². The molecule has 1 heterocycles. The van der Waals surface area contributed by atoms with Crippen LogP contribution in [0.5, 0.6) is 5.75 Å². The van der Waals surface area contributed by atoms with Crippen LogP contribution in [0.4, 0.5) is 0 Å². The number of esters is 1. The van der Waals surface area contributed by atoms with Crippen molar-refractivity contribution in [1.82, 2.24) is 0 Å². The normalized spacial score (nSPS) is 17.1. The summed E-state index contributed by atoms with van der Waals surface area (Å²) < 4.78 is 15.3. The van der Waals surface area contributed by atoms with Gasteiger partial charge in [0.1, 0.15) is 5.75 Å². The van der Waals surface area contributed by atoms with Crippen LogP contribution in [0.25, 0.3) is 0 Å². The van der Waals surface area contributed by atoms with Gasteiger partial charge in [-0.15, -0.1) is 0 Å². The minimum Gasteiger partial charge on any atom is -0.497 e. The number of hydrogen-bond donors (Lipinski definition) is 0. The van der Waals surface area contributed by atoms with E-state index in [1.807, 2.05) is 13.8 Å². The van der Waals surface area contributed by atoms with E-state index >= 15 is 0 Å². The van der Waals surface area contributed by atoms with Gasteiger partial charge in [-0.1, -0.05) is 13.0 Å². The Balaban J connectivity index is 0.000000262. The summed E-state index contributed by atoms with van der Waals surface area (Å²) in [4.78, 5) is 11.4. The lowest BCUT2D eigenvalue weighted by molar-refractivity contribution is 0.0377. The average molecular weight is 294 g/mol. The summed E-state index contributed by atoms with van der Waals surface area (Å²) in [5.41, 5.74) is 0.512. The lowest BCUT2D eigenvalue weighted by atomic mass is 10.2. The highest BCUT2D eigenvalue weighted by molar-refractivity contribution is 5.89. The molecular formula is C17H26O4. The number of carbonyl (C=O) groups is 1. The highest BCUT2D eigenvalue weighted by Crippen LogP contribution is 2.14. The Hall–Kier alpha value is -1.55. The van der Waals surface area contributed by atoms with E-state index < -0.39 is 0 Å². The number of methoxy groups -OCH3 is 1. The van der Waals surface area contributed by atoms with E-state index in [9.17, 15) is 4.79 Å². The lowest BCUT2D eigenvalue weighted by Crippen LogP contribution is -2.11. The molecule has 1 aromatic rings. The zero-order valence-corrected chi connectivity index (χ0v) is 13.4. The van der Waals surface area contributed by atoms with Gasteiger partial charge in [-0.3, -0.25) is 0 Å². The fourth-order valence-corrected chi connectivity index (χ4v) is 2.00. The van der Waals surface area contributed by atoms with Crippen LogP contribution < -0.4 is 4.74 Å². The molecule has 0 radical (unpaired) electrons. The van der Waals surface area contributed by atoms with E-state index in [2.05, 4.69) is 6.92 Å². The minimum absolute atomic E-state index is 0.103. The fourth-order valence-electron chi connectivity index (χ4n) is 2.00. The largest absolute Gasteiger partial charge is 0.497 e. The SMILES string of the molecule is CCC1CCCO1.COc1cccc(C(=O)OC(C)C)c1. The molecule has 0 N–H and O–H groups in total. The summed E-state index contributed by atoms with van der Waals surface area (Å²) in [5, 5.41) is 0. The fraction of sp³-hybridized carbons (Fsp3) is 0.588. The summed E-state index contributed by atoms with van der Waals surface area (Å²) in [6.07, 6.45) is 4.25. The van der Waals surface area contributed by atoms with E-state index in [1.165, 1.54) is 19.3 Å². The highest BCUT2D eigenvalue weighted by atomic mass is 16.5. The van der Waals surface area contributed by atoms with E-state index in [-0.39, 0.29) is 12.1 Å². The van der Waals surface area contributed by atoms with Gasteiger partial charge in [-0.25, -0.2) is 4.79 Å².